The summed E-state index contributed by atoms with van der Waals surface area (Å²) in [5.74, 6) is 0.933. The van der Waals surface area contributed by atoms with E-state index in [9.17, 15) is 10.4 Å². The van der Waals surface area contributed by atoms with Gasteiger partial charge in [-0.05, 0) is 68.9 Å². The van der Waals surface area contributed by atoms with Crippen LogP contribution in [0.5, 0.6) is 5.88 Å². The lowest BCUT2D eigenvalue weighted by molar-refractivity contribution is 0.1000. The van der Waals surface area contributed by atoms with Crippen molar-refractivity contribution in [3.63, 3.8) is 0 Å². The maximum Gasteiger partial charge on any atom is 0.232 e. The van der Waals surface area contributed by atoms with Crippen LogP contribution in [0, 0.1) is 17.2 Å². The van der Waals surface area contributed by atoms with Crippen LogP contribution in [0.1, 0.15) is 55.3 Å². The van der Waals surface area contributed by atoms with E-state index < -0.39 is 0 Å². The number of pyridine rings is 1. The third kappa shape index (κ3) is 3.19. The summed E-state index contributed by atoms with van der Waals surface area (Å²) >= 11 is 0. The molecular formula is C17H22N2O2. The molecule has 0 aliphatic heterocycles. The van der Waals surface area contributed by atoms with Gasteiger partial charge in [0.25, 0.3) is 0 Å². The van der Waals surface area contributed by atoms with E-state index in [1.807, 2.05) is 6.07 Å². The quantitative estimate of drug-likeness (QED) is 0.928. The van der Waals surface area contributed by atoms with E-state index in [4.69, 9.17) is 4.74 Å². The van der Waals surface area contributed by atoms with Crippen LogP contribution in [0.25, 0.3) is 0 Å². The first-order valence-electron chi connectivity index (χ1n) is 8.00. The minimum Gasteiger partial charge on any atom is -0.473 e. The van der Waals surface area contributed by atoms with Gasteiger partial charge in [0.2, 0.25) is 5.88 Å². The number of hydrogen-bond donors (Lipinski definition) is 1. The van der Waals surface area contributed by atoms with Gasteiger partial charge in [0, 0.05) is 12.3 Å². The van der Waals surface area contributed by atoms with Crippen molar-refractivity contribution in [2.75, 3.05) is 6.61 Å². The molecular weight excluding hydrogens is 264 g/mol. The Morgan fingerprint density at radius 2 is 2.00 bits per heavy atom. The maximum atomic E-state index is 9.33. The topological polar surface area (TPSA) is 66.1 Å². The van der Waals surface area contributed by atoms with Crippen molar-refractivity contribution >= 4 is 0 Å². The molecule has 0 saturated heterocycles. The largest absolute Gasteiger partial charge is 0.473 e. The molecule has 0 amide bonds. The van der Waals surface area contributed by atoms with Crippen molar-refractivity contribution in [3.8, 4) is 11.9 Å². The van der Waals surface area contributed by atoms with E-state index in [1.54, 1.807) is 0 Å². The lowest BCUT2D eigenvalue weighted by Crippen LogP contribution is -2.26. The van der Waals surface area contributed by atoms with E-state index in [0.29, 0.717) is 17.4 Å². The van der Waals surface area contributed by atoms with E-state index >= 15 is 0 Å². The summed E-state index contributed by atoms with van der Waals surface area (Å²) in [5, 5.41) is 18.5. The van der Waals surface area contributed by atoms with Crippen molar-refractivity contribution in [1.29, 1.82) is 5.26 Å². The van der Waals surface area contributed by atoms with Gasteiger partial charge in [-0.1, -0.05) is 0 Å². The highest BCUT2D eigenvalue weighted by Crippen LogP contribution is 2.30. The molecule has 0 aromatic carbocycles. The smallest absolute Gasteiger partial charge is 0.232 e. The molecule has 0 bridgehead atoms. The van der Waals surface area contributed by atoms with E-state index in [0.717, 1.165) is 44.2 Å². The summed E-state index contributed by atoms with van der Waals surface area (Å²) in [7, 11) is 0. The number of aliphatic hydroxyl groups is 1. The monoisotopic (exact) mass is 286 g/mol. The molecule has 21 heavy (non-hydrogen) atoms. The lowest BCUT2D eigenvalue weighted by Gasteiger charge is -2.28. The molecule has 1 heterocycles. The molecule has 2 aliphatic carbocycles. The highest BCUT2D eigenvalue weighted by atomic mass is 16.5. The summed E-state index contributed by atoms with van der Waals surface area (Å²) in [6, 6.07) is 4.20. The summed E-state index contributed by atoms with van der Waals surface area (Å²) in [6.07, 6.45) is 8.38. The number of ether oxygens (including phenoxy) is 1. The van der Waals surface area contributed by atoms with Gasteiger partial charge < -0.3 is 9.84 Å². The number of fused-ring (bicyclic) bond motifs is 1. The number of rotatable bonds is 3. The van der Waals surface area contributed by atoms with Crippen LogP contribution in [0.3, 0.4) is 0 Å². The van der Waals surface area contributed by atoms with E-state index in [1.165, 1.54) is 18.4 Å². The minimum absolute atomic E-state index is 0.133. The Bertz CT molecular complexity index is 542. The number of nitrogens with zero attached hydrogens (tertiary/aromatic N) is 2. The maximum absolute atomic E-state index is 9.33. The number of hydrogen-bond acceptors (Lipinski definition) is 4. The van der Waals surface area contributed by atoms with Crippen LogP contribution in [0.15, 0.2) is 6.07 Å². The fourth-order valence-electron chi connectivity index (χ4n) is 3.37. The molecule has 1 aromatic rings. The molecule has 1 aromatic heterocycles. The third-order valence-corrected chi connectivity index (χ3v) is 4.72. The average molecular weight is 286 g/mol. The van der Waals surface area contributed by atoms with Crippen LogP contribution in [0.2, 0.25) is 0 Å². The van der Waals surface area contributed by atoms with Crippen LogP contribution in [0.4, 0.5) is 0 Å². The van der Waals surface area contributed by atoms with Crippen molar-refractivity contribution in [3.05, 3.63) is 22.9 Å². The Hall–Kier alpha value is -1.60. The zero-order chi connectivity index (χ0) is 14.7. The predicted molar refractivity (Wildman–Crippen MR) is 79.1 cm³/mol. The Morgan fingerprint density at radius 3 is 2.71 bits per heavy atom. The van der Waals surface area contributed by atoms with Crippen LogP contribution < -0.4 is 4.74 Å². The molecule has 0 unspecified atom stereocenters. The van der Waals surface area contributed by atoms with Gasteiger partial charge in [0.15, 0.2) is 0 Å². The Balaban J connectivity index is 1.74. The highest BCUT2D eigenvalue weighted by molar-refractivity contribution is 5.43. The minimum atomic E-state index is 0.133. The first-order chi connectivity index (χ1) is 10.3. The van der Waals surface area contributed by atoms with Gasteiger partial charge in [0.05, 0.1) is 0 Å². The van der Waals surface area contributed by atoms with Gasteiger partial charge in [-0.2, -0.15) is 5.26 Å². The number of aryl methyl sites for hydroxylation is 2. The van der Waals surface area contributed by atoms with Gasteiger partial charge in [0.1, 0.15) is 17.7 Å². The van der Waals surface area contributed by atoms with Crippen molar-refractivity contribution < 1.29 is 9.84 Å². The lowest BCUT2D eigenvalue weighted by atomic mass is 9.88. The molecule has 1 saturated carbocycles. The summed E-state index contributed by atoms with van der Waals surface area (Å²) in [4.78, 5) is 4.62. The summed E-state index contributed by atoms with van der Waals surface area (Å²) < 4.78 is 6.02. The second-order valence-electron chi connectivity index (χ2n) is 6.21. The first-order valence-corrected chi connectivity index (χ1v) is 8.00. The molecule has 4 nitrogen and oxygen atoms in total. The molecule has 4 heteroatoms. The molecule has 1 N–H and O–H groups in total. The molecule has 3 rings (SSSR count). The summed E-state index contributed by atoms with van der Waals surface area (Å²) in [5.41, 5.74) is 2.90. The number of nitriles is 1. The number of aliphatic hydroxyl groups excluding tert-OH is 1. The SMILES string of the molecule is N#Cc1cc2c(nc1OC1CCC(CO)CC1)CCCC2. The van der Waals surface area contributed by atoms with Gasteiger partial charge >= 0.3 is 0 Å². The van der Waals surface area contributed by atoms with Crippen molar-refractivity contribution in [2.24, 2.45) is 5.92 Å². The van der Waals surface area contributed by atoms with E-state index in [2.05, 4.69) is 11.1 Å². The molecule has 2 aliphatic rings. The second-order valence-corrected chi connectivity index (χ2v) is 6.21. The molecule has 0 spiro atoms. The zero-order valence-corrected chi connectivity index (χ0v) is 12.3. The molecule has 1 fully saturated rings. The standard InChI is InChI=1S/C17H22N2O2/c18-10-14-9-13-3-1-2-4-16(13)19-17(14)21-15-7-5-12(11-20)6-8-15/h9,12,15,20H,1-8,11H2. The Labute approximate surface area is 125 Å². The fourth-order valence-corrected chi connectivity index (χ4v) is 3.37. The zero-order valence-electron chi connectivity index (χ0n) is 12.3. The molecule has 0 atom stereocenters. The fraction of sp³-hybridized carbons (Fsp3) is 0.647. The number of aromatic nitrogens is 1. The molecule has 0 radical (unpaired) electrons. The van der Waals surface area contributed by atoms with Gasteiger partial charge in [-0.15, -0.1) is 0 Å². The molecule has 112 valence electrons. The van der Waals surface area contributed by atoms with Crippen LogP contribution in [-0.2, 0) is 12.8 Å². The summed E-state index contributed by atoms with van der Waals surface area (Å²) in [6.45, 7) is 0.271. The first kappa shape index (κ1) is 14.3. The van der Waals surface area contributed by atoms with Gasteiger partial charge in [-0.25, -0.2) is 4.98 Å². The Kier molecular flexibility index (Phi) is 4.40. The second kappa shape index (κ2) is 6.44. The van der Waals surface area contributed by atoms with Crippen molar-refractivity contribution in [1.82, 2.24) is 4.98 Å². The highest BCUT2D eigenvalue weighted by Gasteiger charge is 2.24. The van der Waals surface area contributed by atoms with Crippen LogP contribution >= 0.6 is 0 Å². The van der Waals surface area contributed by atoms with Crippen LogP contribution in [-0.4, -0.2) is 22.8 Å². The predicted octanol–water partition coefficient (Wildman–Crippen LogP) is 2.76. The van der Waals surface area contributed by atoms with E-state index in [-0.39, 0.29) is 12.7 Å². The van der Waals surface area contributed by atoms with Gasteiger partial charge in [-0.3, -0.25) is 0 Å². The normalized spacial score (nSPS) is 25.0. The van der Waals surface area contributed by atoms with Crippen molar-refractivity contribution in [2.45, 2.75) is 57.5 Å². The third-order valence-electron chi connectivity index (χ3n) is 4.72. The average Bonchev–Trinajstić information content (AvgIpc) is 2.55. The Morgan fingerprint density at radius 1 is 1.24 bits per heavy atom.